The topological polar surface area (TPSA) is 57.2 Å². The number of aryl methyl sites for hydroxylation is 1. The highest BCUT2D eigenvalue weighted by Crippen LogP contribution is 2.34. The molecule has 1 aliphatic carbocycles. The Kier molecular flexibility index (Phi) is 3.40. The minimum Gasteiger partial charge on any atom is -0.465 e. The smallest absolute Gasteiger partial charge is 0.350 e. The number of fused-ring (bicyclic) bond motifs is 1. The van der Waals surface area contributed by atoms with E-state index in [0.717, 1.165) is 30.5 Å². The maximum Gasteiger partial charge on any atom is 0.350 e. The number of methoxy groups -OCH3 is 1. The monoisotopic (exact) mass is 290 g/mol. The van der Waals surface area contributed by atoms with E-state index in [1.165, 1.54) is 29.7 Å². The standard InChI is InChI=1S/C15H18N2O2S/c1-9-8-20-14(15(18)19-2)13(9)17-7-6-10-11(16)4-3-5-12(10)17/h6-8,11H,3-5,16H2,1-2H3. The number of nitrogens with two attached hydrogens (primary N) is 1. The van der Waals surface area contributed by atoms with E-state index in [4.69, 9.17) is 10.5 Å². The van der Waals surface area contributed by atoms with Crippen LogP contribution < -0.4 is 5.73 Å². The fourth-order valence-electron chi connectivity index (χ4n) is 2.91. The van der Waals surface area contributed by atoms with Gasteiger partial charge in [0, 0.05) is 17.9 Å². The van der Waals surface area contributed by atoms with Crippen LogP contribution in [0.3, 0.4) is 0 Å². The summed E-state index contributed by atoms with van der Waals surface area (Å²) >= 11 is 1.43. The Morgan fingerprint density at radius 1 is 1.55 bits per heavy atom. The van der Waals surface area contributed by atoms with E-state index in [9.17, 15) is 4.79 Å². The molecular formula is C15H18N2O2S. The van der Waals surface area contributed by atoms with Gasteiger partial charge in [-0.3, -0.25) is 0 Å². The van der Waals surface area contributed by atoms with Crippen LogP contribution in [0.25, 0.3) is 5.69 Å². The van der Waals surface area contributed by atoms with Gasteiger partial charge in [-0.25, -0.2) is 4.79 Å². The zero-order valence-electron chi connectivity index (χ0n) is 11.7. The third-order valence-corrected chi connectivity index (χ3v) is 4.98. The van der Waals surface area contributed by atoms with Crippen molar-refractivity contribution in [2.24, 2.45) is 5.73 Å². The van der Waals surface area contributed by atoms with E-state index < -0.39 is 0 Å². The lowest BCUT2D eigenvalue weighted by Crippen LogP contribution is -2.18. The van der Waals surface area contributed by atoms with Gasteiger partial charge in [0.2, 0.25) is 0 Å². The number of hydrogen-bond donors (Lipinski definition) is 1. The second-order valence-corrected chi connectivity index (χ2v) is 6.05. The second-order valence-electron chi connectivity index (χ2n) is 5.17. The highest BCUT2D eigenvalue weighted by molar-refractivity contribution is 7.12. The maximum atomic E-state index is 11.9. The van der Waals surface area contributed by atoms with Crippen LogP contribution in [0.4, 0.5) is 0 Å². The molecule has 0 aromatic carbocycles. The lowest BCUT2D eigenvalue weighted by Gasteiger charge is -2.21. The van der Waals surface area contributed by atoms with Crippen LogP contribution in [0.2, 0.25) is 0 Å². The average Bonchev–Trinajstić information content (AvgIpc) is 3.02. The lowest BCUT2D eigenvalue weighted by atomic mass is 9.93. The first kappa shape index (κ1) is 13.4. The summed E-state index contributed by atoms with van der Waals surface area (Å²) in [5.74, 6) is -0.277. The molecule has 2 N–H and O–H groups in total. The van der Waals surface area contributed by atoms with Gasteiger partial charge in [-0.2, -0.15) is 0 Å². The highest BCUT2D eigenvalue weighted by Gasteiger charge is 2.25. The first-order valence-electron chi connectivity index (χ1n) is 6.76. The molecule has 1 unspecified atom stereocenters. The van der Waals surface area contributed by atoms with Crippen molar-refractivity contribution >= 4 is 17.3 Å². The molecule has 0 fully saturated rings. The molecule has 106 valence electrons. The normalized spacial score (nSPS) is 17.9. The number of nitrogens with zero attached hydrogens (tertiary/aromatic N) is 1. The summed E-state index contributed by atoms with van der Waals surface area (Å²) in [6, 6.07) is 2.19. The number of thiophene rings is 1. The third-order valence-electron chi connectivity index (χ3n) is 3.91. The van der Waals surface area contributed by atoms with Crippen molar-refractivity contribution in [3.05, 3.63) is 39.3 Å². The Labute approximate surface area is 122 Å². The molecule has 0 amide bonds. The van der Waals surface area contributed by atoms with Gasteiger partial charge in [0.25, 0.3) is 0 Å². The fourth-order valence-corrected chi connectivity index (χ4v) is 3.87. The Balaban J connectivity index is 2.15. The minimum atomic E-state index is -0.277. The van der Waals surface area contributed by atoms with Crippen molar-refractivity contribution in [1.29, 1.82) is 0 Å². The van der Waals surface area contributed by atoms with Gasteiger partial charge < -0.3 is 15.0 Å². The van der Waals surface area contributed by atoms with Crippen LogP contribution in [0.15, 0.2) is 17.6 Å². The number of aromatic nitrogens is 1. The average molecular weight is 290 g/mol. The second kappa shape index (κ2) is 5.07. The van der Waals surface area contributed by atoms with Gasteiger partial charge >= 0.3 is 5.97 Å². The Bertz CT molecular complexity index is 657. The van der Waals surface area contributed by atoms with Crippen molar-refractivity contribution in [3.63, 3.8) is 0 Å². The zero-order chi connectivity index (χ0) is 14.3. The van der Waals surface area contributed by atoms with Crippen LogP contribution in [-0.2, 0) is 11.2 Å². The van der Waals surface area contributed by atoms with Crippen molar-refractivity contribution < 1.29 is 9.53 Å². The Hall–Kier alpha value is -1.59. The summed E-state index contributed by atoms with van der Waals surface area (Å²) < 4.78 is 7.00. The van der Waals surface area contributed by atoms with E-state index in [1.807, 2.05) is 18.5 Å². The van der Waals surface area contributed by atoms with Crippen molar-refractivity contribution in [3.8, 4) is 5.69 Å². The van der Waals surface area contributed by atoms with E-state index >= 15 is 0 Å². The zero-order valence-corrected chi connectivity index (χ0v) is 12.5. The van der Waals surface area contributed by atoms with Crippen molar-refractivity contribution in [2.45, 2.75) is 32.2 Å². The summed E-state index contributed by atoms with van der Waals surface area (Å²) in [6.45, 7) is 2.02. The van der Waals surface area contributed by atoms with Crippen LogP contribution in [0, 0.1) is 6.92 Å². The van der Waals surface area contributed by atoms with Crippen molar-refractivity contribution in [2.75, 3.05) is 7.11 Å². The van der Waals surface area contributed by atoms with Crippen LogP contribution in [0.1, 0.15) is 45.4 Å². The lowest BCUT2D eigenvalue weighted by molar-refractivity contribution is 0.0606. The molecule has 0 aliphatic heterocycles. The van der Waals surface area contributed by atoms with E-state index in [0.29, 0.717) is 4.88 Å². The molecule has 0 bridgehead atoms. The number of esters is 1. The summed E-state index contributed by atoms with van der Waals surface area (Å²) in [4.78, 5) is 12.6. The molecule has 0 spiro atoms. The predicted octanol–water partition coefficient (Wildman–Crippen LogP) is 2.97. The molecule has 2 aromatic rings. The van der Waals surface area contributed by atoms with Crippen LogP contribution in [0.5, 0.6) is 0 Å². The number of rotatable bonds is 2. The van der Waals surface area contributed by atoms with E-state index in [2.05, 4.69) is 10.6 Å². The minimum absolute atomic E-state index is 0.112. The molecule has 0 saturated carbocycles. The Morgan fingerprint density at radius 2 is 2.35 bits per heavy atom. The van der Waals surface area contributed by atoms with Gasteiger partial charge in [0.15, 0.2) is 0 Å². The molecule has 2 aromatic heterocycles. The summed E-state index contributed by atoms with van der Waals surface area (Å²) in [5, 5.41) is 2.00. The number of ether oxygens (including phenoxy) is 1. The largest absolute Gasteiger partial charge is 0.465 e. The molecule has 1 aliphatic rings. The van der Waals surface area contributed by atoms with Crippen molar-refractivity contribution in [1.82, 2.24) is 4.57 Å². The summed E-state index contributed by atoms with van der Waals surface area (Å²) in [6.07, 6.45) is 5.15. The maximum absolute atomic E-state index is 11.9. The summed E-state index contributed by atoms with van der Waals surface area (Å²) in [5.41, 5.74) is 10.6. The molecule has 20 heavy (non-hydrogen) atoms. The van der Waals surface area contributed by atoms with Gasteiger partial charge in [-0.05, 0) is 48.8 Å². The number of carbonyl (C=O) groups is 1. The molecule has 3 rings (SSSR count). The Morgan fingerprint density at radius 3 is 3.10 bits per heavy atom. The van der Waals surface area contributed by atoms with Gasteiger partial charge in [0.1, 0.15) is 4.88 Å². The fraction of sp³-hybridized carbons (Fsp3) is 0.400. The van der Waals surface area contributed by atoms with Crippen LogP contribution >= 0.6 is 11.3 Å². The molecule has 5 heteroatoms. The third kappa shape index (κ3) is 1.98. The molecule has 4 nitrogen and oxygen atoms in total. The molecule has 2 heterocycles. The quantitative estimate of drug-likeness (QED) is 0.865. The SMILES string of the molecule is COC(=O)c1scc(C)c1-n1ccc2c1CCCC2N. The van der Waals surface area contributed by atoms with Gasteiger partial charge in [-0.15, -0.1) is 11.3 Å². The molecule has 0 saturated heterocycles. The van der Waals surface area contributed by atoms with E-state index in [1.54, 1.807) is 0 Å². The molecule has 1 atom stereocenters. The molecular weight excluding hydrogens is 272 g/mol. The first-order valence-corrected chi connectivity index (χ1v) is 7.64. The molecule has 0 radical (unpaired) electrons. The van der Waals surface area contributed by atoms with Crippen LogP contribution in [-0.4, -0.2) is 17.6 Å². The van der Waals surface area contributed by atoms with Gasteiger partial charge in [0.05, 0.1) is 12.8 Å². The highest BCUT2D eigenvalue weighted by atomic mass is 32.1. The van der Waals surface area contributed by atoms with E-state index in [-0.39, 0.29) is 12.0 Å². The summed E-state index contributed by atoms with van der Waals surface area (Å²) in [7, 11) is 1.42. The number of hydrogen-bond acceptors (Lipinski definition) is 4. The predicted molar refractivity (Wildman–Crippen MR) is 79.6 cm³/mol. The first-order chi connectivity index (χ1) is 9.63. The number of carbonyl (C=O) groups excluding carboxylic acids is 1. The van der Waals surface area contributed by atoms with Gasteiger partial charge in [-0.1, -0.05) is 0 Å².